The fourth-order valence-electron chi connectivity index (χ4n) is 1.04. The van der Waals surface area contributed by atoms with E-state index in [1.807, 2.05) is 13.0 Å². The van der Waals surface area contributed by atoms with Gasteiger partial charge in [0.25, 0.3) is 5.69 Å². The third kappa shape index (κ3) is 2.82. The van der Waals surface area contributed by atoms with Crippen LogP contribution in [0.25, 0.3) is 0 Å². The smallest absolute Gasteiger partial charge is 0.258 e. The molecule has 0 amide bonds. The molecular formula is C11H8N2O2. The van der Waals surface area contributed by atoms with Gasteiger partial charge in [0, 0.05) is 17.7 Å². The fraction of sp³-hybridized carbons (Fsp3) is 0.182. The molecule has 4 nitrogen and oxygen atoms in total. The minimum atomic E-state index is -0.463. The van der Waals surface area contributed by atoms with Crippen molar-refractivity contribution in [3.05, 3.63) is 39.4 Å². The highest BCUT2D eigenvalue weighted by Gasteiger charge is 2.06. The summed E-state index contributed by atoms with van der Waals surface area (Å²) < 4.78 is 0. The van der Waals surface area contributed by atoms with E-state index in [-0.39, 0.29) is 12.1 Å². The Morgan fingerprint density at radius 3 is 2.87 bits per heavy atom. The predicted octanol–water partition coefficient (Wildman–Crippen LogP) is 2.17. The van der Waals surface area contributed by atoms with Crippen LogP contribution in [0.1, 0.15) is 17.5 Å². The van der Waals surface area contributed by atoms with Crippen LogP contribution in [0.2, 0.25) is 0 Å². The molecule has 0 radical (unpaired) electrons. The fourth-order valence-corrected chi connectivity index (χ4v) is 1.04. The quantitative estimate of drug-likeness (QED) is 0.396. The van der Waals surface area contributed by atoms with E-state index in [1.54, 1.807) is 6.07 Å². The van der Waals surface area contributed by atoms with Crippen molar-refractivity contribution in [2.45, 2.75) is 13.3 Å². The van der Waals surface area contributed by atoms with Crippen LogP contribution in [0.3, 0.4) is 0 Å². The second kappa shape index (κ2) is 4.78. The molecule has 0 aliphatic rings. The average Bonchev–Trinajstić information content (AvgIpc) is 2.20. The summed E-state index contributed by atoms with van der Waals surface area (Å²) in [7, 11) is 0. The molecule has 0 saturated heterocycles. The number of hydrogen-bond acceptors (Lipinski definition) is 3. The van der Waals surface area contributed by atoms with Gasteiger partial charge >= 0.3 is 0 Å². The van der Waals surface area contributed by atoms with Gasteiger partial charge in [-0.3, -0.25) is 10.1 Å². The number of hydrogen-bond donors (Lipinski definition) is 0. The van der Waals surface area contributed by atoms with E-state index in [9.17, 15) is 10.1 Å². The van der Waals surface area contributed by atoms with Gasteiger partial charge in [-0.25, -0.2) is 0 Å². The Labute approximate surface area is 87.3 Å². The van der Waals surface area contributed by atoms with Gasteiger partial charge in [0.2, 0.25) is 0 Å². The summed E-state index contributed by atoms with van der Waals surface area (Å²) in [6.45, 7) is 1.82. The van der Waals surface area contributed by atoms with E-state index in [1.165, 1.54) is 12.1 Å². The van der Waals surface area contributed by atoms with E-state index in [4.69, 9.17) is 5.26 Å². The van der Waals surface area contributed by atoms with Gasteiger partial charge in [0.05, 0.1) is 17.4 Å². The minimum absolute atomic E-state index is 0.0156. The van der Waals surface area contributed by atoms with Crippen LogP contribution in [-0.2, 0) is 0 Å². The van der Waals surface area contributed by atoms with Gasteiger partial charge in [-0.2, -0.15) is 5.26 Å². The third-order valence-electron chi connectivity index (χ3n) is 1.82. The van der Waals surface area contributed by atoms with E-state index < -0.39 is 4.92 Å². The number of non-ortho nitro benzene ring substituents is 1. The summed E-state index contributed by atoms with van der Waals surface area (Å²) >= 11 is 0. The Kier molecular flexibility index (Phi) is 3.43. The first-order valence-corrected chi connectivity index (χ1v) is 4.26. The third-order valence-corrected chi connectivity index (χ3v) is 1.82. The first-order valence-electron chi connectivity index (χ1n) is 4.26. The lowest BCUT2D eigenvalue weighted by Crippen LogP contribution is -1.90. The van der Waals surface area contributed by atoms with Crippen molar-refractivity contribution in [2.24, 2.45) is 0 Å². The van der Waals surface area contributed by atoms with Crippen molar-refractivity contribution in [3.63, 3.8) is 0 Å². The second-order valence-corrected chi connectivity index (χ2v) is 2.89. The number of nitro groups is 1. The lowest BCUT2D eigenvalue weighted by molar-refractivity contribution is -0.384. The normalized spacial score (nSPS) is 8.53. The molecule has 4 heteroatoms. The zero-order valence-electron chi connectivity index (χ0n) is 8.15. The number of nitrogens with zero attached hydrogens (tertiary/aromatic N) is 2. The first-order chi connectivity index (χ1) is 7.15. The van der Waals surface area contributed by atoms with Gasteiger partial charge in [-0.05, 0) is 12.5 Å². The monoisotopic (exact) mass is 200 g/mol. The number of rotatable bonds is 1. The molecule has 0 aliphatic carbocycles. The number of benzene rings is 1. The van der Waals surface area contributed by atoms with Crippen LogP contribution in [0, 0.1) is 40.2 Å². The molecule has 0 N–H and O–H groups in total. The second-order valence-electron chi connectivity index (χ2n) is 2.89. The Hall–Kier alpha value is -2.33. The maximum atomic E-state index is 10.5. The molecule has 0 spiro atoms. The molecule has 15 heavy (non-hydrogen) atoms. The molecule has 1 aromatic carbocycles. The van der Waals surface area contributed by atoms with E-state index >= 15 is 0 Å². The van der Waals surface area contributed by atoms with E-state index in [2.05, 4.69) is 11.8 Å². The van der Waals surface area contributed by atoms with Crippen molar-refractivity contribution in [1.82, 2.24) is 0 Å². The Morgan fingerprint density at radius 2 is 2.27 bits per heavy atom. The maximum absolute atomic E-state index is 10.5. The predicted molar refractivity (Wildman–Crippen MR) is 54.9 cm³/mol. The molecule has 0 aromatic heterocycles. The summed E-state index contributed by atoms with van der Waals surface area (Å²) in [5, 5.41) is 18.8. The molecule has 74 valence electrons. The zero-order valence-corrected chi connectivity index (χ0v) is 8.15. The molecular weight excluding hydrogens is 192 g/mol. The summed E-state index contributed by atoms with van der Waals surface area (Å²) in [4.78, 5) is 10.0. The van der Waals surface area contributed by atoms with Crippen molar-refractivity contribution < 1.29 is 4.92 Å². The van der Waals surface area contributed by atoms with Gasteiger partial charge in [-0.1, -0.05) is 17.9 Å². The SMILES string of the molecule is Cc1ccc([N+](=O)[O-])cc1C#CCC#N. The number of aryl methyl sites for hydroxylation is 1. The van der Waals surface area contributed by atoms with Crippen LogP contribution in [0.5, 0.6) is 0 Å². The number of nitriles is 1. The number of nitro benzene ring substituents is 1. The summed E-state index contributed by atoms with van der Waals surface area (Å²) in [5.74, 6) is 5.36. The van der Waals surface area contributed by atoms with Crippen LogP contribution in [0.4, 0.5) is 5.69 Å². The lowest BCUT2D eigenvalue weighted by Gasteiger charge is -1.97. The molecule has 0 unspecified atom stereocenters. The van der Waals surface area contributed by atoms with Gasteiger partial charge in [-0.15, -0.1) is 0 Å². The van der Waals surface area contributed by atoms with Crippen LogP contribution in [0.15, 0.2) is 18.2 Å². The van der Waals surface area contributed by atoms with Gasteiger partial charge < -0.3 is 0 Å². The molecule has 0 atom stereocenters. The Morgan fingerprint density at radius 1 is 1.53 bits per heavy atom. The molecule has 0 fully saturated rings. The Bertz CT molecular complexity index is 490. The van der Waals surface area contributed by atoms with Crippen molar-refractivity contribution in [1.29, 1.82) is 5.26 Å². The highest BCUT2D eigenvalue weighted by atomic mass is 16.6. The summed E-state index contributed by atoms with van der Waals surface area (Å²) in [6, 6.07) is 6.39. The van der Waals surface area contributed by atoms with E-state index in [0.29, 0.717) is 5.56 Å². The maximum Gasteiger partial charge on any atom is 0.270 e. The van der Waals surface area contributed by atoms with Crippen molar-refractivity contribution in [2.75, 3.05) is 0 Å². The van der Waals surface area contributed by atoms with Crippen LogP contribution >= 0.6 is 0 Å². The molecule has 0 aliphatic heterocycles. The molecule has 0 bridgehead atoms. The largest absolute Gasteiger partial charge is 0.270 e. The van der Waals surface area contributed by atoms with Gasteiger partial charge in [0.1, 0.15) is 0 Å². The highest BCUT2D eigenvalue weighted by molar-refractivity contribution is 5.48. The Balaban J connectivity index is 3.08. The average molecular weight is 200 g/mol. The molecule has 0 heterocycles. The van der Waals surface area contributed by atoms with Crippen molar-refractivity contribution >= 4 is 5.69 Å². The van der Waals surface area contributed by atoms with Crippen LogP contribution in [-0.4, -0.2) is 4.92 Å². The summed E-state index contributed by atoms with van der Waals surface area (Å²) in [5.41, 5.74) is 1.48. The lowest BCUT2D eigenvalue weighted by atomic mass is 10.1. The topological polar surface area (TPSA) is 66.9 Å². The zero-order chi connectivity index (χ0) is 11.3. The van der Waals surface area contributed by atoms with Gasteiger partial charge in [0.15, 0.2) is 0 Å². The molecule has 1 aromatic rings. The molecule has 1 rings (SSSR count). The van der Waals surface area contributed by atoms with Crippen molar-refractivity contribution in [3.8, 4) is 17.9 Å². The highest BCUT2D eigenvalue weighted by Crippen LogP contribution is 2.16. The van der Waals surface area contributed by atoms with Crippen LogP contribution < -0.4 is 0 Å². The first kappa shape index (κ1) is 10.7. The summed E-state index contributed by atoms with van der Waals surface area (Å²) in [6.07, 6.45) is 0.127. The standard InChI is InChI=1S/C11H8N2O2/c1-9-5-6-11(13(14)15)8-10(9)4-2-3-7-12/h5-6,8H,3H2,1H3. The van der Waals surface area contributed by atoms with E-state index in [0.717, 1.165) is 5.56 Å². The molecule has 0 saturated carbocycles. The minimum Gasteiger partial charge on any atom is -0.258 e.